The Morgan fingerprint density at radius 3 is 2.59 bits per heavy atom. The number of halogens is 1. The summed E-state index contributed by atoms with van der Waals surface area (Å²) in [5.41, 5.74) is 2.59. The summed E-state index contributed by atoms with van der Waals surface area (Å²) in [6, 6.07) is 14.5. The predicted molar refractivity (Wildman–Crippen MR) is 131 cm³/mol. The van der Waals surface area contributed by atoms with Crippen LogP contribution < -0.4 is 4.74 Å². The standard InChI is InChI=1S/C26H30ClN3O4/c1-3-34-26(32)23-10-6-7-15-29(23)17-25(31)30-24(20-8-4-5-9-21(20)27)16-22(28-30)18-11-13-19(33-2)14-12-18/h4-5,8-9,11-14,23-24H,3,6-7,10,15-17H2,1-2H3/t23-,24-/m0/s1. The van der Waals surface area contributed by atoms with Gasteiger partial charge >= 0.3 is 5.97 Å². The Bertz CT molecular complexity index is 1060. The zero-order chi connectivity index (χ0) is 24.1. The Hall–Kier alpha value is -2.90. The molecule has 1 fully saturated rings. The Morgan fingerprint density at radius 1 is 1.12 bits per heavy atom. The van der Waals surface area contributed by atoms with E-state index in [4.69, 9.17) is 26.2 Å². The number of hydrogen-bond donors (Lipinski definition) is 0. The maximum absolute atomic E-state index is 13.6. The maximum atomic E-state index is 13.6. The van der Waals surface area contributed by atoms with E-state index in [0.29, 0.717) is 31.0 Å². The molecule has 2 heterocycles. The largest absolute Gasteiger partial charge is 0.497 e. The molecule has 2 atom stereocenters. The third-order valence-electron chi connectivity index (χ3n) is 6.36. The van der Waals surface area contributed by atoms with Crippen LogP contribution in [0.1, 0.15) is 49.8 Å². The van der Waals surface area contributed by atoms with Crippen molar-refractivity contribution < 1.29 is 19.1 Å². The molecule has 2 aromatic carbocycles. The van der Waals surface area contributed by atoms with Gasteiger partial charge in [0.25, 0.3) is 5.91 Å². The molecule has 1 saturated heterocycles. The number of rotatable bonds is 7. The van der Waals surface area contributed by atoms with E-state index in [9.17, 15) is 9.59 Å². The average Bonchev–Trinajstić information content (AvgIpc) is 3.30. The molecule has 0 bridgehead atoms. The quantitative estimate of drug-likeness (QED) is 0.544. The summed E-state index contributed by atoms with van der Waals surface area (Å²) in [7, 11) is 1.63. The van der Waals surface area contributed by atoms with E-state index in [0.717, 1.165) is 35.4 Å². The SMILES string of the molecule is CCOC(=O)[C@@H]1CCCCN1CC(=O)N1N=C(c2ccc(OC)cc2)C[C@H]1c1ccccc1Cl. The third kappa shape index (κ3) is 5.26. The van der Waals surface area contributed by atoms with Gasteiger partial charge in [0.2, 0.25) is 0 Å². The molecule has 0 N–H and O–H groups in total. The monoisotopic (exact) mass is 483 g/mol. The molecule has 0 radical (unpaired) electrons. The first kappa shape index (κ1) is 24.2. The summed E-state index contributed by atoms with van der Waals surface area (Å²) in [6.07, 6.45) is 3.13. The minimum atomic E-state index is -0.399. The molecular weight excluding hydrogens is 454 g/mol. The second kappa shape index (κ2) is 11.0. The van der Waals surface area contributed by atoms with Crippen molar-refractivity contribution in [1.29, 1.82) is 0 Å². The van der Waals surface area contributed by atoms with Crippen molar-refractivity contribution in [1.82, 2.24) is 9.91 Å². The van der Waals surface area contributed by atoms with Crippen LogP contribution in [0.25, 0.3) is 0 Å². The second-order valence-electron chi connectivity index (χ2n) is 8.49. The molecule has 8 heteroatoms. The lowest BCUT2D eigenvalue weighted by Crippen LogP contribution is -2.49. The van der Waals surface area contributed by atoms with E-state index in [-0.39, 0.29) is 24.5 Å². The van der Waals surface area contributed by atoms with Gasteiger partial charge in [0.15, 0.2) is 0 Å². The second-order valence-corrected chi connectivity index (χ2v) is 8.90. The summed E-state index contributed by atoms with van der Waals surface area (Å²) in [5.74, 6) is 0.333. The zero-order valence-electron chi connectivity index (χ0n) is 19.6. The summed E-state index contributed by atoms with van der Waals surface area (Å²) in [6.45, 7) is 2.90. The molecule has 0 aliphatic carbocycles. The molecule has 0 unspecified atom stereocenters. The number of esters is 1. The third-order valence-corrected chi connectivity index (χ3v) is 6.71. The first-order valence-corrected chi connectivity index (χ1v) is 12.1. The van der Waals surface area contributed by atoms with E-state index in [2.05, 4.69) is 0 Å². The van der Waals surface area contributed by atoms with Crippen LogP contribution in [0.15, 0.2) is 53.6 Å². The lowest BCUT2D eigenvalue weighted by atomic mass is 9.98. The smallest absolute Gasteiger partial charge is 0.323 e. The molecule has 34 heavy (non-hydrogen) atoms. The van der Waals surface area contributed by atoms with Crippen molar-refractivity contribution >= 4 is 29.2 Å². The van der Waals surface area contributed by atoms with Crippen molar-refractivity contribution in [3.05, 3.63) is 64.7 Å². The van der Waals surface area contributed by atoms with Crippen molar-refractivity contribution in [3.63, 3.8) is 0 Å². The Balaban J connectivity index is 1.60. The Kier molecular flexibility index (Phi) is 7.85. The molecule has 180 valence electrons. The van der Waals surface area contributed by atoms with Gasteiger partial charge in [-0.15, -0.1) is 0 Å². The van der Waals surface area contributed by atoms with Gasteiger partial charge in [0, 0.05) is 11.4 Å². The minimum Gasteiger partial charge on any atom is -0.497 e. The summed E-state index contributed by atoms with van der Waals surface area (Å²) < 4.78 is 10.5. The van der Waals surface area contributed by atoms with Gasteiger partial charge in [-0.3, -0.25) is 14.5 Å². The molecular formula is C26H30ClN3O4. The fraction of sp³-hybridized carbons (Fsp3) is 0.423. The fourth-order valence-corrected chi connectivity index (χ4v) is 4.88. The Morgan fingerprint density at radius 2 is 1.88 bits per heavy atom. The summed E-state index contributed by atoms with van der Waals surface area (Å²) in [5, 5.41) is 6.88. The van der Waals surface area contributed by atoms with Crippen LogP contribution in [0, 0.1) is 0 Å². The lowest BCUT2D eigenvalue weighted by Gasteiger charge is -2.34. The van der Waals surface area contributed by atoms with Gasteiger partial charge in [-0.2, -0.15) is 5.10 Å². The number of methoxy groups -OCH3 is 1. The van der Waals surface area contributed by atoms with Crippen molar-refractivity contribution in [3.8, 4) is 5.75 Å². The number of nitrogens with zero attached hydrogens (tertiary/aromatic N) is 3. The van der Waals surface area contributed by atoms with E-state index in [1.165, 1.54) is 5.01 Å². The highest BCUT2D eigenvalue weighted by Crippen LogP contribution is 2.36. The predicted octanol–water partition coefficient (Wildman–Crippen LogP) is 4.44. The number of carbonyl (C=O) groups is 2. The lowest BCUT2D eigenvalue weighted by molar-refractivity contribution is -0.152. The van der Waals surface area contributed by atoms with Crippen LogP contribution in [0.2, 0.25) is 5.02 Å². The van der Waals surface area contributed by atoms with Crippen molar-refractivity contribution in [2.75, 3.05) is 26.8 Å². The average molecular weight is 484 g/mol. The Labute approximate surface area is 205 Å². The van der Waals surface area contributed by atoms with E-state index in [1.54, 1.807) is 14.0 Å². The molecule has 0 saturated carbocycles. The maximum Gasteiger partial charge on any atom is 0.323 e. The molecule has 2 aliphatic heterocycles. The highest BCUT2D eigenvalue weighted by Gasteiger charge is 2.37. The number of piperidine rings is 1. The minimum absolute atomic E-state index is 0.101. The van der Waals surface area contributed by atoms with Gasteiger partial charge in [0.05, 0.1) is 32.0 Å². The van der Waals surface area contributed by atoms with Crippen molar-refractivity contribution in [2.24, 2.45) is 5.10 Å². The molecule has 2 aromatic rings. The van der Waals surface area contributed by atoms with Gasteiger partial charge in [-0.05, 0) is 67.8 Å². The number of carbonyl (C=O) groups excluding carboxylic acids is 2. The van der Waals surface area contributed by atoms with Gasteiger partial charge < -0.3 is 9.47 Å². The molecule has 7 nitrogen and oxygen atoms in total. The van der Waals surface area contributed by atoms with Crippen LogP contribution in [0.4, 0.5) is 0 Å². The van der Waals surface area contributed by atoms with Gasteiger partial charge in [-0.1, -0.05) is 36.2 Å². The highest BCUT2D eigenvalue weighted by atomic mass is 35.5. The van der Waals surface area contributed by atoms with Crippen LogP contribution in [0.5, 0.6) is 5.75 Å². The normalized spacial score (nSPS) is 20.7. The van der Waals surface area contributed by atoms with Crippen LogP contribution in [0.3, 0.4) is 0 Å². The molecule has 0 spiro atoms. The highest BCUT2D eigenvalue weighted by molar-refractivity contribution is 6.31. The fourth-order valence-electron chi connectivity index (χ4n) is 4.62. The molecule has 0 aromatic heterocycles. The number of likely N-dealkylation sites (tertiary alicyclic amines) is 1. The van der Waals surface area contributed by atoms with Gasteiger partial charge in [0.1, 0.15) is 11.8 Å². The summed E-state index contributed by atoms with van der Waals surface area (Å²) in [4.78, 5) is 28.0. The van der Waals surface area contributed by atoms with E-state index < -0.39 is 6.04 Å². The molecule has 1 amide bonds. The zero-order valence-corrected chi connectivity index (χ0v) is 20.3. The number of hydrazone groups is 1. The number of benzene rings is 2. The van der Waals surface area contributed by atoms with Crippen molar-refractivity contribution in [2.45, 2.75) is 44.7 Å². The molecule has 2 aliphatic rings. The topological polar surface area (TPSA) is 71.4 Å². The van der Waals surface area contributed by atoms with E-state index in [1.807, 2.05) is 53.4 Å². The van der Waals surface area contributed by atoms with Gasteiger partial charge in [-0.25, -0.2) is 5.01 Å². The van der Waals surface area contributed by atoms with E-state index >= 15 is 0 Å². The first-order valence-electron chi connectivity index (χ1n) is 11.7. The van der Waals surface area contributed by atoms with Crippen LogP contribution in [-0.2, 0) is 14.3 Å². The molecule has 4 rings (SSSR count). The van der Waals surface area contributed by atoms with Crippen LogP contribution >= 0.6 is 11.6 Å². The number of amides is 1. The van der Waals surface area contributed by atoms with Crippen LogP contribution in [-0.4, -0.2) is 60.3 Å². The first-order chi connectivity index (χ1) is 16.5. The number of ether oxygens (including phenoxy) is 2. The summed E-state index contributed by atoms with van der Waals surface area (Å²) >= 11 is 6.52. The number of hydrogen-bond acceptors (Lipinski definition) is 6.